The predicted octanol–water partition coefficient (Wildman–Crippen LogP) is 2.37. The van der Waals surface area contributed by atoms with E-state index in [-0.39, 0.29) is 21.1 Å². The summed E-state index contributed by atoms with van der Waals surface area (Å²) in [4.78, 5) is 0. The molecule has 0 aliphatic rings. The van der Waals surface area contributed by atoms with Crippen LogP contribution in [0, 0.1) is 6.08 Å². The van der Waals surface area contributed by atoms with Crippen molar-refractivity contribution in [3.63, 3.8) is 0 Å². The maximum Gasteiger partial charge on any atom is 0.0911 e. The van der Waals surface area contributed by atoms with Gasteiger partial charge in [0.1, 0.15) is 0 Å². The summed E-state index contributed by atoms with van der Waals surface area (Å²) in [5.41, 5.74) is 0. The summed E-state index contributed by atoms with van der Waals surface area (Å²) in [6.45, 7) is 1.83. The minimum atomic E-state index is -1.69. The van der Waals surface area contributed by atoms with E-state index in [0.717, 1.165) is 6.42 Å². The first-order chi connectivity index (χ1) is 3.27. The van der Waals surface area contributed by atoms with Gasteiger partial charge in [0.25, 0.3) is 0 Å². The van der Waals surface area contributed by atoms with E-state index in [2.05, 4.69) is 0 Å². The Balaban J connectivity index is 0. The van der Waals surface area contributed by atoms with Crippen molar-refractivity contribution in [3.05, 3.63) is 12.2 Å². The van der Waals surface area contributed by atoms with E-state index in [1.807, 2.05) is 13.0 Å². The predicted molar refractivity (Wildman–Crippen MR) is 23.9 cm³/mol. The number of rotatable bonds is 2. The molecule has 0 aromatic heterocycles. The molecule has 0 nitrogen and oxygen atoms in total. The van der Waals surface area contributed by atoms with Crippen LogP contribution in [0.1, 0.15) is 19.8 Å². The fraction of sp³-hybridized carbons (Fsp3) is 0.600. The Morgan fingerprint density at radius 3 is 2.12 bits per heavy atom. The van der Waals surface area contributed by atoms with Crippen LogP contribution in [0.15, 0.2) is 6.08 Å². The fourth-order valence-corrected chi connectivity index (χ4v) is 0.219. The summed E-state index contributed by atoms with van der Waals surface area (Å²) in [7, 11) is 0. The van der Waals surface area contributed by atoms with Crippen LogP contribution in [-0.4, -0.2) is 0 Å². The van der Waals surface area contributed by atoms with Gasteiger partial charge in [0.15, 0.2) is 0 Å². The zero-order chi connectivity index (χ0) is 5.70. The number of unbranched alkanes of at least 4 members (excludes halogenated alkanes) is 1. The van der Waals surface area contributed by atoms with Gasteiger partial charge in [-0.2, -0.15) is 6.42 Å². The summed E-state index contributed by atoms with van der Waals surface area (Å²) in [6.07, 6.45) is 1.28. The van der Waals surface area contributed by atoms with Crippen molar-refractivity contribution in [1.82, 2.24) is 0 Å². The van der Waals surface area contributed by atoms with Crippen LogP contribution in [0.25, 0.3) is 0 Å². The average molecular weight is 289 g/mol. The van der Waals surface area contributed by atoms with Crippen molar-refractivity contribution in [2.24, 2.45) is 0 Å². The van der Waals surface area contributed by atoms with Crippen molar-refractivity contribution in [2.75, 3.05) is 0 Å². The van der Waals surface area contributed by atoms with Gasteiger partial charge in [-0.1, -0.05) is 13.3 Å². The second kappa shape index (κ2) is 7.29. The first-order valence-corrected chi connectivity index (χ1v) is 2.19. The first-order valence-electron chi connectivity index (χ1n) is 2.19. The van der Waals surface area contributed by atoms with E-state index >= 15 is 0 Å². The van der Waals surface area contributed by atoms with Crippen LogP contribution in [-0.2, 0) is 21.1 Å². The minimum Gasteiger partial charge on any atom is -0.427 e. The Hall–Kier alpha value is 0.288. The Morgan fingerprint density at radius 1 is 1.50 bits per heavy atom. The molecule has 3 heteroatoms. The zero-order valence-corrected chi connectivity index (χ0v) is 7.51. The molecule has 0 aromatic carbocycles. The van der Waals surface area contributed by atoms with E-state index in [9.17, 15) is 8.78 Å². The molecule has 0 atom stereocenters. The maximum absolute atomic E-state index is 11.0. The van der Waals surface area contributed by atoms with Crippen molar-refractivity contribution < 1.29 is 29.8 Å². The van der Waals surface area contributed by atoms with Gasteiger partial charge in [0.05, 0.1) is 6.08 Å². The SMILES string of the molecule is CCC[C-]=C(F)F.[W]. The molecule has 0 fully saturated rings. The summed E-state index contributed by atoms with van der Waals surface area (Å²) in [5.74, 6) is 0. The molecule has 0 saturated carbocycles. The number of allylic oxidation sites excluding steroid dienone is 1. The van der Waals surface area contributed by atoms with Crippen LogP contribution in [0.2, 0.25) is 0 Å². The standard InChI is InChI=1S/C5H7F2.W/c1-2-3-4-5(6)7;/h2-3H2,1H3;/q-1;. The molecule has 0 rings (SSSR count). The van der Waals surface area contributed by atoms with Crippen LogP contribution in [0.3, 0.4) is 0 Å². The number of halogens is 2. The summed E-state index contributed by atoms with van der Waals surface area (Å²) < 4.78 is 22.1. The average Bonchev–Trinajstić information content (AvgIpc) is 1.61. The number of hydrogen-bond acceptors (Lipinski definition) is 0. The van der Waals surface area contributed by atoms with Gasteiger partial charge < -0.3 is 6.08 Å². The van der Waals surface area contributed by atoms with Crippen LogP contribution in [0.4, 0.5) is 8.78 Å². The fourth-order valence-electron chi connectivity index (χ4n) is 0.219. The topological polar surface area (TPSA) is 0 Å². The van der Waals surface area contributed by atoms with Crippen molar-refractivity contribution >= 4 is 0 Å². The van der Waals surface area contributed by atoms with E-state index in [1.165, 1.54) is 0 Å². The molecule has 0 aromatic rings. The Morgan fingerprint density at radius 2 is 2.00 bits per heavy atom. The summed E-state index contributed by atoms with van der Waals surface area (Å²) in [5, 5.41) is 0. The third kappa shape index (κ3) is 9.56. The molecule has 8 heavy (non-hydrogen) atoms. The van der Waals surface area contributed by atoms with Gasteiger partial charge in [0.2, 0.25) is 0 Å². The molecule has 0 amide bonds. The van der Waals surface area contributed by atoms with E-state index < -0.39 is 6.08 Å². The molecular weight excluding hydrogens is 282 g/mol. The normalized spacial score (nSPS) is 7.38. The molecule has 0 bridgehead atoms. The van der Waals surface area contributed by atoms with Gasteiger partial charge in [-0.25, -0.2) is 8.78 Å². The summed E-state index contributed by atoms with van der Waals surface area (Å²) >= 11 is 0. The molecule has 48 valence electrons. The van der Waals surface area contributed by atoms with Gasteiger partial charge >= 0.3 is 0 Å². The third-order valence-electron chi connectivity index (χ3n) is 0.509. The van der Waals surface area contributed by atoms with Gasteiger partial charge in [-0.05, 0) is 0 Å². The molecule has 0 heterocycles. The molecule has 0 spiro atoms. The maximum atomic E-state index is 11.0. The van der Waals surface area contributed by atoms with Gasteiger partial charge in [-0.15, -0.1) is 0 Å². The first kappa shape index (κ1) is 11.1. The Kier molecular flexibility index (Phi) is 10.1. The quantitative estimate of drug-likeness (QED) is 0.685. The molecule has 0 saturated heterocycles. The molecule has 0 unspecified atom stereocenters. The smallest absolute Gasteiger partial charge is 0.0911 e. The van der Waals surface area contributed by atoms with Crippen LogP contribution < -0.4 is 0 Å². The van der Waals surface area contributed by atoms with E-state index in [1.54, 1.807) is 0 Å². The second-order valence-corrected chi connectivity index (χ2v) is 1.19. The Bertz CT molecular complexity index is 66.8. The third-order valence-corrected chi connectivity index (χ3v) is 0.509. The largest absolute Gasteiger partial charge is 0.427 e. The molecular formula is C5H7F2W-. The second-order valence-electron chi connectivity index (χ2n) is 1.19. The van der Waals surface area contributed by atoms with Crippen molar-refractivity contribution in [3.8, 4) is 0 Å². The van der Waals surface area contributed by atoms with Gasteiger partial charge in [0, 0.05) is 21.1 Å². The molecule has 0 N–H and O–H groups in total. The van der Waals surface area contributed by atoms with Crippen molar-refractivity contribution in [1.29, 1.82) is 0 Å². The number of hydrogen-bond donors (Lipinski definition) is 0. The molecule has 0 aliphatic carbocycles. The zero-order valence-electron chi connectivity index (χ0n) is 4.58. The van der Waals surface area contributed by atoms with Gasteiger partial charge in [-0.3, -0.25) is 0 Å². The Labute approximate surface area is 62.2 Å². The molecule has 0 aliphatic heterocycles. The monoisotopic (exact) mass is 289 g/mol. The molecule has 0 radical (unpaired) electrons. The van der Waals surface area contributed by atoms with E-state index in [0.29, 0.717) is 6.42 Å². The minimum absolute atomic E-state index is 0. The van der Waals surface area contributed by atoms with Crippen LogP contribution in [0.5, 0.6) is 0 Å². The van der Waals surface area contributed by atoms with E-state index in [4.69, 9.17) is 0 Å². The summed E-state index contributed by atoms with van der Waals surface area (Å²) in [6, 6.07) is 0. The van der Waals surface area contributed by atoms with Crippen LogP contribution >= 0.6 is 0 Å². The van der Waals surface area contributed by atoms with Crippen molar-refractivity contribution in [2.45, 2.75) is 19.8 Å².